The van der Waals surface area contributed by atoms with Crippen molar-refractivity contribution in [3.63, 3.8) is 0 Å². The van der Waals surface area contributed by atoms with Crippen LogP contribution in [0.1, 0.15) is 19.4 Å². The molecule has 1 aromatic heterocycles. The summed E-state index contributed by atoms with van der Waals surface area (Å²) >= 11 is 1.28. The Morgan fingerprint density at radius 2 is 1.69 bits per heavy atom. The van der Waals surface area contributed by atoms with Crippen molar-refractivity contribution in [2.24, 2.45) is 0 Å². The van der Waals surface area contributed by atoms with E-state index in [1.807, 2.05) is 13.8 Å². The average molecular weight is 483 g/mol. The zero-order chi connectivity index (χ0) is 23.1. The van der Waals surface area contributed by atoms with Gasteiger partial charge in [-0.05, 0) is 38.1 Å². The van der Waals surface area contributed by atoms with Gasteiger partial charge in [0.1, 0.15) is 5.01 Å². The molecule has 10 heteroatoms. The Morgan fingerprint density at radius 1 is 1.03 bits per heavy atom. The fourth-order valence-corrected chi connectivity index (χ4v) is 6.10. The minimum Gasteiger partial charge on any atom is -0.373 e. The van der Waals surface area contributed by atoms with Crippen LogP contribution in [0.5, 0.6) is 0 Å². The molecule has 1 aliphatic heterocycles. The normalized spacial score (nSPS) is 20.4. The molecule has 3 aromatic rings. The van der Waals surface area contributed by atoms with Crippen molar-refractivity contribution >= 4 is 21.4 Å². The number of ether oxygens (including phenoxy) is 1. The maximum absolute atomic E-state index is 13.2. The molecular weight excluding hydrogens is 461 g/mol. The summed E-state index contributed by atoms with van der Waals surface area (Å²) in [6, 6.07) is 11.3. The largest absolute Gasteiger partial charge is 0.416 e. The second-order valence-corrected chi connectivity index (χ2v) is 10.5. The number of nitrogens with zero attached hydrogens (tertiary/aromatic N) is 2. The van der Waals surface area contributed by atoms with Crippen LogP contribution in [-0.4, -0.2) is 43.0 Å². The van der Waals surface area contributed by atoms with Gasteiger partial charge in [-0.3, -0.25) is 0 Å². The Hall–Kier alpha value is -2.27. The lowest BCUT2D eigenvalue weighted by atomic mass is 10.1. The van der Waals surface area contributed by atoms with E-state index in [2.05, 4.69) is 4.98 Å². The van der Waals surface area contributed by atoms with E-state index in [1.54, 1.807) is 29.6 Å². The van der Waals surface area contributed by atoms with Crippen molar-refractivity contribution in [3.8, 4) is 21.8 Å². The Morgan fingerprint density at radius 3 is 2.31 bits per heavy atom. The first-order valence-corrected chi connectivity index (χ1v) is 12.3. The first-order chi connectivity index (χ1) is 15.0. The van der Waals surface area contributed by atoms with E-state index in [0.717, 1.165) is 12.1 Å². The first kappa shape index (κ1) is 22.9. The van der Waals surface area contributed by atoms with Gasteiger partial charge in [-0.15, -0.1) is 11.3 Å². The van der Waals surface area contributed by atoms with Crippen LogP contribution >= 0.6 is 11.3 Å². The minimum absolute atomic E-state index is 0.167. The molecule has 4 rings (SSSR count). The average Bonchev–Trinajstić information content (AvgIpc) is 3.23. The molecule has 2 unspecified atom stereocenters. The molecule has 2 atom stereocenters. The lowest BCUT2D eigenvalue weighted by molar-refractivity contribution is -0.137. The number of morpholine rings is 1. The van der Waals surface area contributed by atoms with E-state index < -0.39 is 21.8 Å². The molecular formula is C22H21F3N2O3S2. The van der Waals surface area contributed by atoms with Gasteiger partial charge in [-0.1, -0.05) is 24.3 Å². The number of alkyl halides is 3. The minimum atomic E-state index is -4.39. The first-order valence-electron chi connectivity index (χ1n) is 9.93. The van der Waals surface area contributed by atoms with Crippen molar-refractivity contribution < 1.29 is 26.3 Å². The third kappa shape index (κ3) is 4.73. The number of halogens is 3. The Kier molecular flexibility index (Phi) is 6.15. The van der Waals surface area contributed by atoms with Crippen molar-refractivity contribution in [3.05, 3.63) is 59.5 Å². The molecule has 170 valence electrons. The van der Waals surface area contributed by atoms with Crippen molar-refractivity contribution in [1.82, 2.24) is 9.29 Å². The van der Waals surface area contributed by atoms with Crippen LogP contribution in [0.2, 0.25) is 0 Å². The molecule has 5 nitrogen and oxygen atoms in total. The molecule has 0 aliphatic carbocycles. The zero-order valence-electron chi connectivity index (χ0n) is 17.3. The molecule has 0 amide bonds. The summed E-state index contributed by atoms with van der Waals surface area (Å²) in [6.07, 6.45) is -4.78. The van der Waals surface area contributed by atoms with E-state index in [9.17, 15) is 21.6 Å². The van der Waals surface area contributed by atoms with Crippen LogP contribution in [0, 0.1) is 0 Å². The van der Waals surface area contributed by atoms with Gasteiger partial charge < -0.3 is 4.74 Å². The highest BCUT2D eigenvalue weighted by atomic mass is 32.2. The van der Waals surface area contributed by atoms with Crippen LogP contribution in [0.25, 0.3) is 21.8 Å². The van der Waals surface area contributed by atoms with Crippen LogP contribution in [-0.2, 0) is 20.9 Å². The van der Waals surface area contributed by atoms with E-state index in [0.29, 0.717) is 21.8 Å². The van der Waals surface area contributed by atoms with Crippen LogP contribution < -0.4 is 0 Å². The number of hydrogen-bond donors (Lipinski definition) is 0. The highest BCUT2D eigenvalue weighted by Gasteiger charge is 2.32. The third-order valence-electron chi connectivity index (χ3n) is 5.12. The second kappa shape index (κ2) is 8.58. The van der Waals surface area contributed by atoms with E-state index in [1.165, 1.54) is 27.8 Å². The number of benzene rings is 2. The predicted molar refractivity (Wildman–Crippen MR) is 117 cm³/mol. The summed E-state index contributed by atoms with van der Waals surface area (Å²) < 4.78 is 71.7. The van der Waals surface area contributed by atoms with Gasteiger partial charge in [-0.25, -0.2) is 13.4 Å². The van der Waals surface area contributed by atoms with Crippen molar-refractivity contribution in [2.45, 2.75) is 37.1 Å². The number of thiazole rings is 1. The van der Waals surface area contributed by atoms with E-state index in [-0.39, 0.29) is 30.2 Å². The summed E-state index contributed by atoms with van der Waals surface area (Å²) in [5.41, 5.74) is 1.03. The standard InChI is InChI=1S/C22H21F3N2O3S2/c1-14-11-27(12-15(2)30-14)32(28,29)19-5-3-4-17(10-19)20-13-31-21(26-20)16-6-8-18(9-7-16)22(23,24)25/h3-10,13-15H,11-12H2,1-2H3. The summed E-state index contributed by atoms with van der Waals surface area (Å²) in [7, 11) is -3.70. The fraction of sp³-hybridized carbons (Fsp3) is 0.318. The number of aromatic nitrogens is 1. The third-order valence-corrected chi connectivity index (χ3v) is 7.84. The summed E-state index contributed by atoms with van der Waals surface area (Å²) in [5.74, 6) is 0. The number of hydrogen-bond acceptors (Lipinski definition) is 5. The quantitative estimate of drug-likeness (QED) is 0.507. The molecule has 0 bridgehead atoms. The van der Waals surface area contributed by atoms with Crippen LogP contribution in [0.15, 0.2) is 58.8 Å². The fourth-order valence-electron chi connectivity index (χ4n) is 3.63. The van der Waals surface area contributed by atoms with Gasteiger partial charge >= 0.3 is 6.18 Å². The zero-order valence-corrected chi connectivity index (χ0v) is 19.0. The SMILES string of the molecule is CC1CN(S(=O)(=O)c2cccc(-c3csc(-c4ccc(C(F)(F)F)cc4)n3)c2)CC(C)O1. The molecule has 0 N–H and O–H groups in total. The summed E-state index contributed by atoms with van der Waals surface area (Å²) in [4.78, 5) is 4.68. The smallest absolute Gasteiger partial charge is 0.373 e. The molecule has 32 heavy (non-hydrogen) atoms. The van der Waals surface area contributed by atoms with Crippen molar-refractivity contribution in [1.29, 1.82) is 0 Å². The Labute approximate surface area is 188 Å². The highest BCUT2D eigenvalue weighted by Crippen LogP contribution is 2.34. The molecule has 1 aliphatic rings. The molecule has 0 saturated carbocycles. The molecule has 0 radical (unpaired) electrons. The van der Waals surface area contributed by atoms with Gasteiger partial charge in [0.05, 0.1) is 28.4 Å². The summed E-state index contributed by atoms with van der Waals surface area (Å²) in [6.45, 7) is 4.25. The molecule has 0 spiro atoms. The Bertz CT molecular complexity index is 1200. The second-order valence-electron chi connectivity index (χ2n) is 7.72. The van der Waals surface area contributed by atoms with Crippen LogP contribution in [0.4, 0.5) is 13.2 Å². The van der Waals surface area contributed by atoms with Gasteiger partial charge in [0, 0.05) is 29.6 Å². The molecule has 2 heterocycles. The lowest BCUT2D eigenvalue weighted by Crippen LogP contribution is -2.48. The maximum Gasteiger partial charge on any atom is 0.416 e. The van der Waals surface area contributed by atoms with E-state index in [4.69, 9.17) is 4.74 Å². The lowest BCUT2D eigenvalue weighted by Gasteiger charge is -2.34. The van der Waals surface area contributed by atoms with Gasteiger partial charge in [0.25, 0.3) is 0 Å². The summed E-state index contributed by atoms with van der Waals surface area (Å²) in [5, 5.41) is 2.32. The predicted octanol–water partition coefficient (Wildman–Crippen LogP) is 5.29. The number of rotatable bonds is 4. The molecule has 1 fully saturated rings. The Balaban J connectivity index is 1.60. The van der Waals surface area contributed by atoms with Crippen LogP contribution in [0.3, 0.4) is 0 Å². The van der Waals surface area contributed by atoms with Gasteiger partial charge in [0.2, 0.25) is 10.0 Å². The van der Waals surface area contributed by atoms with Gasteiger partial charge in [-0.2, -0.15) is 17.5 Å². The monoisotopic (exact) mass is 482 g/mol. The topological polar surface area (TPSA) is 59.5 Å². The highest BCUT2D eigenvalue weighted by molar-refractivity contribution is 7.89. The number of sulfonamides is 1. The van der Waals surface area contributed by atoms with E-state index >= 15 is 0 Å². The maximum atomic E-state index is 13.2. The molecule has 1 saturated heterocycles. The van der Waals surface area contributed by atoms with Crippen molar-refractivity contribution in [2.75, 3.05) is 13.1 Å². The molecule has 2 aromatic carbocycles. The van der Waals surface area contributed by atoms with Gasteiger partial charge in [0.15, 0.2) is 0 Å².